The maximum Gasteiger partial charge on any atom is 0.137 e. The summed E-state index contributed by atoms with van der Waals surface area (Å²) in [4.78, 5) is 8.85. The van der Waals surface area contributed by atoms with Gasteiger partial charge in [-0.2, -0.15) is 0 Å². The van der Waals surface area contributed by atoms with Gasteiger partial charge in [0.2, 0.25) is 0 Å². The number of aromatic nitrogens is 3. The van der Waals surface area contributed by atoms with Gasteiger partial charge in [0.25, 0.3) is 0 Å². The topological polar surface area (TPSA) is 50.9 Å². The summed E-state index contributed by atoms with van der Waals surface area (Å²) in [5.41, 5.74) is 2.76. The van der Waals surface area contributed by atoms with Gasteiger partial charge in [0.15, 0.2) is 0 Å². The first-order chi connectivity index (χ1) is 9.29. The van der Waals surface area contributed by atoms with Gasteiger partial charge in [-0.05, 0) is 31.2 Å². The second-order valence-electron chi connectivity index (χ2n) is 4.41. The number of fused-ring (bicyclic) bond motifs is 1. The van der Waals surface area contributed by atoms with E-state index in [9.17, 15) is 5.11 Å². The monoisotopic (exact) mass is 253 g/mol. The lowest BCUT2D eigenvalue weighted by atomic mass is 10.2. The number of rotatable bonds is 3. The Bertz CT molecular complexity index is 718. The number of hydrogen-bond acceptors (Lipinski definition) is 3. The number of para-hydroxylation sites is 2. The van der Waals surface area contributed by atoms with Crippen molar-refractivity contribution in [1.82, 2.24) is 14.5 Å². The molecule has 1 N–H and O–H groups in total. The molecular formula is C15H15N3O. The molecule has 0 radical (unpaired) electrons. The fourth-order valence-corrected chi connectivity index (χ4v) is 2.33. The highest BCUT2D eigenvalue weighted by Crippen LogP contribution is 2.21. The third kappa shape index (κ3) is 2.05. The highest BCUT2D eigenvalue weighted by atomic mass is 16.3. The molecule has 0 amide bonds. The van der Waals surface area contributed by atoms with E-state index >= 15 is 0 Å². The van der Waals surface area contributed by atoms with Crippen molar-refractivity contribution in [2.24, 2.45) is 0 Å². The number of aryl methyl sites for hydroxylation is 1. The van der Waals surface area contributed by atoms with Crippen molar-refractivity contribution in [1.29, 1.82) is 0 Å². The highest BCUT2D eigenvalue weighted by Gasteiger charge is 2.12. The van der Waals surface area contributed by atoms with Crippen molar-refractivity contribution < 1.29 is 5.11 Å². The normalized spacial score (nSPS) is 11.0. The quantitative estimate of drug-likeness (QED) is 0.780. The largest absolute Gasteiger partial charge is 0.506 e. The van der Waals surface area contributed by atoms with Crippen LogP contribution in [0.25, 0.3) is 11.0 Å². The Kier molecular flexibility index (Phi) is 2.91. The molecule has 0 fully saturated rings. The van der Waals surface area contributed by atoms with E-state index in [1.165, 1.54) is 0 Å². The number of benzene rings is 1. The van der Waals surface area contributed by atoms with Crippen LogP contribution in [0.4, 0.5) is 0 Å². The summed E-state index contributed by atoms with van der Waals surface area (Å²) in [6.45, 7) is 2.94. The molecule has 2 heterocycles. The van der Waals surface area contributed by atoms with E-state index < -0.39 is 0 Å². The second-order valence-corrected chi connectivity index (χ2v) is 4.41. The third-order valence-electron chi connectivity index (χ3n) is 3.24. The Morgan fingerprint density at radius 2 is 2.00 bits per heavy atom. The van der Waals surface area contributed by atoms with Gasteiger partial charge < -0.3 is 9.67 Å². The summed E-state index contributed by atoms with van der Waals surface area (Å²) in [7, 11) is 0. The Morgan fingerprint density at radius 1 is 1.16 bits per heavy atom. The summed E-state index contributed by atoms with van der Waals surface area (Å²) < 4.78 is 2.16. The number of nitrogens with zero attached hydrogens (tertiary/aromatic N) is 3. The van der Waals surface area contributed by atoms with E-state index in [1.54, 1.807) is 18.3 Å². The van der Waals surface area contributed by atoms with E-state index in [-0.39, 0.29) is 5.75 Å². The SMILES string of the molecule is CCn1c(Cc2ncccc2O)nc2ccccc21. The maximum absolute atomic E-state index is 9.81. The standard InChI is InChI=1S/C15H15N3O/c1-2-18-13-7-4-3-6-11(13)17-15(18)10-12-14(19)8-5-9-16-12/h3-9,19H,2,10H2,1H3. The second kappa shape index (κ2) is 4.72. The summed E-state index contributed by atoms with van der Waals surface area (Å²) >= 11 is 0. The summed E-state index contributed by atoms with van der Waals surface area (Å²) in [5, 5.41) is 9.81. The van der Waals surface area contributed by atoms with E-state index in [1.807, 2.05) is 18.2 Å². The minimum atomic E-state index is 0.220. The molecule has 4 nitrogen and oxygen atoms in total. The number of imidazole rings is 1. The summed E-state index contributed by atoms with van der Waals surface area (Å²) in [6, 6.07) is 11.4. The minimum absolute atomic E-state index is 0.220. The van der Waals surface area contributed by atoms with Crippen LogP contribution in [0.2, 0.25) is 0 Å². The van der Waals surface area contributed by atoms with Crippen LogP contribution in [-0.4, -0.2) is 19.6 Å². The van der Waals surface area contributed by atoms with E-state index in [2.05, 4.69) is 27.5 Å². The van der Waals surface area contributed by atoms with Crippen LogP contribution < -0.4 is 0 Å². The fraction of sp³-hybridized carbons (Fsp3) is 0.200. The van der Waals surface area contributed by atoms with Gasteiger partial charge in [0.1, 0.15) is 11.6 Å². The first-order valence-corrected chi connectivity index (χ1v) is 6.36. The molecular weight excluding hydrogens is 238 g/mol. The third-order valence-corrected chi connectivity index (χ3v) is 3.24. The molecule has 0 aliphatic carbocycles. The first kappa shape index (κ1) is 11.7. The number of pyridine rings is 1. The van der Waals surface area contributed by atoms with Crippen LogP contribution in [-0.2, 0) is 13.0 Å². The van der Waals surface area contributed by atoms with Gasteiger partial charge in [-0.3, -0.25) is 4.98 Å². The maximum atomic E-state index is 9.81. The molecule has 19 heavy (non-hydrogen) atoms. The molecule has 96 valence electrons. The summed E-state index contributed by atoms with van der Waals surface area (Å²) in [5.74, 6) is 1.15. The van der Waals surface area contributed by atoms with E-state index in [0.717, 1.165) is 23.4 Å². The van der Waals surface area contributed by atoms with E-state index in [4.69, 9.17) is 0 Å². The van der Waals surface area contributed by atoms with Crippen LogP contribution in [0.3, 0.4) is 0 Å². The number of hydrogen-bond donors (Lipinski definition) is 1. The smallest absolute Gasteiger partial charge is 0.137 e. The molecule has 0 atom stereocenters. The zero-order chi connectivity index (χ0) is 13.2. The van der Waals surface area contributed by atoms with Crippen molar-refractivity contribution in [3.8, 4) is 5.75 Å². The van der Waals surface area contributed by atoms with Crippen molar-refractivity contribution in [3.05, 3.63) is 54.1 Å². The zero-order valence-corrected chi connectivity index (χ0v) is 10.7. The molecule has 0 spiro atoms. The lowest BCUT2D eigenvalue weighted by molar-refractivity contribution is 0.464. The zero-order valence-electron chi connectivity index (χ0n) is 10.7. The summed E-state index contributed by atoms with van der Waals surface area (Å²) in [6.07, 6.45) is 2.23. The van der Waals surface area contributed by atoms with Crippen molar-refractivity contribution in [2.45, 2.75) is 19.9 Å². The van der Waals surface area contributed by atoms with Crippen molar-refractivity contribution in [3.63, 3.8) is 0 Å². The van der Waals surface area contributed by atoms with Crippen LogP contribution in [0.15, 0.2) is 42.6 Å². The van der Waals surface area contributed by atoms with Gasteiger partial charge >= 0.3 is 0 Å². The number of aromatic hydroxyl groups is 1. The Labute approximate surface area is 111 Å². The predicted molar refractivity (Wildman–Crippen MR) is 74.1 cm³/mol. The van der Waals surface area contributed by atoms with Crippen LogP contribution >= 0.6 is 0 Å². The molecule has 0 bridgehead atoms. The molecule has 0 aliphatic heterocycles. The van der Waals surface area contributed by atoms with E-state index in [0.29, 0.717) is 12.1 Å². The van der Waals surface area contributed by atoms with Crippen LogP contribution in [0, 0.1) is 0 Å². The Hall–Kier alpha value is -2.36. The van der Waals surface area contributed by atoms with Gasteiger partial charge in [-0.15, -0.1) is 0 Å². The molecule has 0 unspecified atom stereocenters. The fourth-order valence-electron chi connectivity index (χ4n) is 2.33. The Balaban J connectivity index is 2.08. The van der Waals surface area contributed by atoms with Crippen molar-refractivity contribution in [2.75, 3.05) is 0 Å². The lowest BCUT2D eigenvalue weighted by Gasteiger charge is -2.06. The molecule has 3 rings (SSSR count). The van der Waals surface area contributed by atoms with Crippen LogP contribution in [0.5, 0.6) is 5.75 Å². The van der Waals surface area contributed by atoms with Crippen molar-refractivity contribution >= 4 is 11.0 Å². The molecule has 3 aromatic rings. The molecule has 0 saturated carbocycles. The Morgan fingerprint density at radius 3 is 2.79 bits per heavy atom. The average Bonchev–Trinajstić information content (AvgIpc) is 2.78. The average molecular weight is 253 g/mol. The van der Waals surface area contributed by atoms with Gasteiger partial charge in [-0.25, -0.2) is 4.98 Å². The lowest BCUT2D eigenvalue weighted by Crippen LogP contribution is -2.03. The predicted octanol–water partition coefficient (Wildman–Crippen LogP) is 2.75. The van der Waals surface area contributed by atoms with Crippen LogP contribution in [0.1, 0.15) is 18.4 Å². The molecule has 2 aromatic heterocycles. The molecule has 0 saturated heterocycles. The molecule has 4 heteroatoms. The first-order valence-electron chi connectivity index (χ1n) is 6.36. The van der Waals surface area contributed by atoms with Gasteiger partial charge in [0.05, 0.1) is 23.1 Å². The van der Waals surface area contributed by atoms with Gasteiger partial charge in [-0.1, -0.05) is 12.1 Å². The highest BCUT2D eigenvalue weighted by molar-refractivity contribution is 5.76. The van der Waals surface area contributed by atoms with Gasteiger partial charge in [0, 0.05) is 12.7 Å². The molecule has 1 aromatic carbocycles. The minimum Gasteiger partial charge on any atom is -0.506 e. The molecule has 0 aliphatic rings.